The van der Waals surface area contributed by atoms with Crippen LogP contribution < -0.4 is 5.32 Å². The van der Waals surface area contributed by atoms with E-state index >= 15 is 0 Å². The summed E-state index contributed by atoms with van der Waals surface area (Å²) in [6.07, 6.45) is 1.35. The molecule has 0 bridgehead atoms. The van der Waals surface area contributed by atoms with Gasteiger partial charge in [-0.2, -0.15) is 4.31 Å². The highest BCUT2D eigenvalue weighted by atomic mass is 32.2. The Hall–Kier alpha value is -1.19. The number of carbonyl (C=O) groups is 2. The summed E-state index contributed by atoms with van der Waals surface area (Å²) in [5.41, 5.74) is 0. The van der Waals surface area contributed by atoms with Crippen LogP contribution >= 0.6 is 0 Å². The predicted molar refractivity (Wildman–Crippen MR) is 70.5 cm³/mol. The maximum absolute atomic E-state index is 12.0. The quantitative estimate of drug-likeness (QED) is 0.540. The fraction of sp³-hybridized carbons (Fsp3) is 0.818. The first-order valence-electron chi connectivity index (χ1n) is 6.47. The SMILES string of the molecule is CCCS(=O)(=O)N1CCCC1C(=O)NC(CO)C(=O)O. The average Bonchev–Trinajstić information content (AvgIpc) is 2.85. The molecule has 116 valence electrons. The van der Waals surface area contributed by atoms with E-state index in [-0.39, 0.29) is 12.3 Å². The molecule has 1 rings (SSSR count). The average molecular weight is 308 g/mol. The molecule has 2 unspecified atom stereocenters. The normalized spacial score (nSPS) is 21.6. The highest BCUT2D eigenvalue weighted by molar-refractivity contribution is 7.89. The summed E-state index contributed by atoms with van der Waals surface area (Å²) in [7, 11) is -3.50. The monoisotopic (exact) mass is 308 g/mol. The summed E-state index contributed by atoms with van der Waals surface area (Å²) < 4.78 is 25.2. The van der Waals surface area contributed by atoms with Gasteiger partial charge in [0, 0.05) is 6.54 Å². The second kappa shape index (κ2) is 7.00. The van der Waals surface area contributed by atoms with Gasteiger partial charge in [-0.15, -0.1) is 0 Å². The van der Waals surface area contributed by atoms with Gasteiger partial charge in [-0.05, 0) is 19.3 Å². The van der Waals surface area contributed by atoms with Crippen LogP contribution in [0.1, 0.15) is 26.2 Å². The van der Waals surface area contributed by atoms with Crippen LogP contribution in [0.4, 0.5) is 0 Å². The lowest BCUT2D eigenvalue weighted by molar-refractivity contribution is -0.143. The maximum atomic E-state index is 12.0. The van der Waals surface area contributed by atoms with Crippen LogP contribution in [-0.2, 0) is 19.6 Å². The molecule has 1 aliphatic heterocycles. The number of nitrogens with one attached hydrogen (secondary N) is 1. The van der Waals surface area contributed by atoms with Crippen molar-refractivity contribution in [2.45, 2.75) is 38.3 Å². The minimum absolute atomic E-state index is 0.0425. The van der Waals surface area contributed by atoms with Crippen molar-refractivity contribution in [3.63, 3.8) is 0 Å². The molecule has 3 N–H and O–H groups in total. The van der Waals surface area contributed by atoms with E-state index in [1.807, 2.05) is 0 Å². The summed E-state index contributed by atoms with van der Waals surface area (Å²) in [6, 6.07) is -2.31. The number of sulfonamides is 1. The van der Waals surface area contributed by atoms with Gasteiger partial charge in [0.1, 0.15) is 12.1 Å². The van der Waals surface area contributed by atoms with Crippen LogP contribution in [-0.4, -0.2) is 65.8 Å². The van der Waals surface area contributed by atoms with Gasteiger partial charge in [0.05, 0.1) is 12.4 Å². The van der Waals surface area contributed by atoms with Gasteiger partial charge >= 0.3 is 5.97 Å². The number of carboxylic acid groups (broad SMARTS) is 1. The lowest BCUT2D eigenvalue weighted by atomic mass is 10.2. The molecule has 2 atom stereocenters. The molecule has 0 aromatic heterocycles. The topological polar surface area (TPSA) is 124 Å². The summed E-state index contributed by atoms with van der Waals surface area (Å²) in [5, 5.41) is 19.8. The Morgan fingerprint density at radius 3 is 2.60 bits per heavy atom. The number of hydrogen-bond donors (Lipinski definition) is 3. The highest BCUT2D eigenvalue weighted by Gasteiger charge is 2.39. The highest BCUT2D eigenvalue weighted by Crippen LogP contribution is 2.22. The number of carbonyl (C=O) groups excluding carboxylic acids is 1. The molecular formula is C11H20N2O6S. The third-order valence-corrected chi connectivity index (χ3v) is 5.20. The van der Waals surface area contributed by atoms with E-state index in [0.717, 1.165) is 4.31 Å². The fourth-order valence-electron chi connectivity index (χ4n) is 2.16. The summed E-state index contributed by atoms with van der Waals surface area (Å²) in [4.78, 5) is 22.7. The Balaban J connectivity index is 2.79. The molecule has 0 aromatic carbocycles. The number of rotatable bonds is 7. The van der Waals surface area contributed by atoms with Gasteiger partial charge in [0.2, 0.25) is 15.9 Å². The first-order valence-corrected chi connectivity index (χ1v) is 8.08. The number of aliphatic hydroxyl groups excluding tert-OH is 1. The Kier molecular flexibility index (Phi) is 5.90. The van der Waals surface area contributed by atoms with Crippen molar-refractivity contribution < 1.29 is 28.2 Å². The number of hydrogen-bond acceptors (Lipinski definition) is 5. The van der Waals surface area contributed by atoms with Crippen LogP contribution in [0.5, 0.6) is 0 Å². The van der Waals surface area contributed by atoms with Crippen molar-refractivity contribution >= 4 is 21.9 Å². The molecule has 1 aliphatic rings. The first kappa shape index (κ1) is 16.9. The molecule has 0 radical (unpaired) electrons. The molecule has 1 amide bonds. The molecule has 9 heteroatoms. The van der Waals surface area contributed by atoms with Crippen LogP contribution in [0.2, 0.25) is 0 Å². The number of amides is 1. The van der Waals surface area contributed by atoms with Crippen LogP contribution in [0.3, 0.4) is 0 Å². The third-order valence-electron chi connectivity index (χ3n) is 3.12. The lowest BCUT2D eigenvalue weighted by Crippen LogP contribution is -2.52. The molecule has 0 spiro atoms. The Bertz CT molecular complexity index is 464. The van der Waals surface area contributed by atoms with Crippen molar-refractivity contribution in [2.24, 2.45) is 0 Å². The molecule has 0 aromatic rings. The van der Waals surface area contributed by atoms with Gasteiger partial charge in [-0.1, -0.05) is 6.92 Å². The summed E-state index contributed by atoms with van der Waals surface area (Å²) >= 11 is 0. The molecule has 20 heavy (non-hydrogen) atoms. The Morgan fingerprint density at radius 2 is 2.10 bits per heavy atom. The Labute approximate surface area is 117 Å². The van der Waals surface area contributed by atoms with E-state index in [9.17, 15) is 18.0 Å². The first-order chi connectivity index (χ1) is 9.33. The third kappa shape index (κ3) is 3.90. The number of aliphatic carboxylic acids is 1. The van der Waals surface area contributed by atoms with E-state index < -0.39 is 40.6 Å². The summed E-state index contributed by atoms with van der Waals surface area (Å²) in [6.45, 7) is 1.25. The maximum Gasteiger partial charge on any atom is 0.328 e. The number of aliphatic hydroxyl groups is 1. The van der Waals surface area contributed by atoms with E-state index in [1.54, 1.807) is 6.92 Å². The second-order valence-electron chi connectivity index (χ2n) is 4.67. The Morgan fingerprint density at radius 1 is 1.45 bits per heavy atom. The van der Waals surface area contributed by atoms with Crippen LogP contribution in [0.25, 0.3) is 0 Å². The van der Waals surface area contributed by atoms with Gasteiger partial charge in [-0.3, -0.25) is 4.79 Å². The minimum atomic E-state index is -3.50. The predicted octanol–water partition coefficient (Wildman–Crippen LogP) is -1.25. The van der Waals surface area contributed by atoms with Gasteiger partial charge in [0.15, 0.2) is 0 Å². The standard InChI is InChI=1S/C11H20N2O6S/c1-2-6-20(18,19)13-5-3-4-9(13)10(15)12-8(7-14)11(16)17/h8-9,14H,2-7H2,1H3,(H,12,15)(H,16,17). The van der Waals surface area contributed by atoms with Gasteiger partial charge in [0.25, 0.3) is 0 Å². The lowest BCUT2D eigenvalue weighted by Gasteiger charge is -2.24. The molecule has 1 fully saturated rings. The summed E-state index contributed by atoms with van der Waals surface area (Å²) in [5.74, 6) is -2.08. The zero-order valence-corrected chi connectivity index (χ0v) is 12.1. The number of carboxylic acids is 1. The van der Waals surface area contributed by atoms with E-state index in [0.29, 0.717) is 19.3 Å². The van der Waals surface area contributed by atoms with Gasteiger partial charge < -0.3 is 15.5 Å². The molecule has 1 saturated heterocycles. The van der Waals surface area contributed by atoms with E-state index in [1.165, 1.54) is 0 Å². The largest absolute Gasteiger partial charge is 0.480 e. The fourth-order valence-corrected chi connectivity index (χ4v) is 3.91. The van der Waals surface area contributed by atoms with E-state index in [4.69, 9.17) is 10.2 Å². The van der Waals surface area contributed by atoms with Crippen molar-refractivity contribution in [3.05, 3.63) is 0 Å². The zero-order chi connectivity index (χ0) is 15.3. The molecule has 1 heterocycles. The molecule has 8 nitrogen and oxygen atoms in total. The molecule has 0 aliphatic carbocycles. The van der Waals surface area contributed by atoms with Crippen molar-refractivity contribution in [1.29, 1.82) is 0 Å². The molecular weight excluding hydrogens is 288 g/mol. The second-order valence-corrected chi connectivity index (χ2v) is 6.71. The van der Waals surface area contributed by atoms with Crippen molar-refractivity contribution in [1.82, 2.24) is 9.62 Å². The van der Waals surface area contributed by atoms with Crippen LogP contribution in [0.15, 0.2) is 0 Å². The van der Waals surface area contributed by atoms with Crippen LogP contribution in [0, 0.1) is 0 Å². The van der Waals surface area contributed by atoms with Gasteiger partial charge in [-0.25, -0.2) is 13.2 Å². The molecule has 0 saturated carbocycles. The minimum Gasteiger partial charge on any atom is -0.480 e. The smallest absolute Gasteiger partial charge is 0.328 e. The van der Waals surface area contributed by atoms with Crippen molar-refractivity contribution in [2.75, 3.05) is 18.9 Å². The number of nitrogens with zero attached hydrogens (tertiary/aromatic N) is 1. The van der Waals surface area contributed by atoms with E-state index in [2.05, 4.69) is 5.32 Å². The van der Waals surface area contributed by atoms with Crippen molar-refractivity contribution in [3.8, 4) is 0 Å². The zero-order valence-electron chi connectivity index (χ0n) is 11.3.